The molecule has 0 unspecified atom stereocenters. The normalized spacial score (nSPS) is 10.1. The van der Waals surface area contributed by atoms with Crippen LogP contribution in [0.3, 0.4) is 0 Å². The summed E-state index contributed by atoms with van der Waals surface area (Å²) < 4.78 is 0.877. The summed E-state index contributed by atoms with van der Waals surface area (Å²) in [6.07, 6.45) is 3.57. The van der Waals surface area contributed by atoms with Crippen LogP contribution in [0.4, 0.5) is 5.82 Å². The summed E-state index contributed by atoms with van der Waals surface area (Å²) in [6.45, 7) is 1.94. The van der Waals surface area contributed by atoms with Gasteiger partial charge >= 0.3 is 0 Å². The average Bonchev–Trinajstić information content (AvgIpc) is 2.32. The minimum absolute atomic E-state index is 0.123. The van der Waals surface area contributed by atoms with E-state index in [1.807, 2.05) is 19.1 Å². The van der Waals surface area contributed by atoms with Crippen LogP contribution in [0.1, 0.15) is 11.3 Å². The molecule has 0 fully saturated rings. The monoisotopic (exact) mass is 305 g/mol. The highest BCUT2D eigenvalue weighted by molar-refractivity contribution is 9.10. The Morgan fingerprint density at radius 2 is 2.17 bits per heavy atom. The molecule has 2 aromatic heterocycles. The van der Waals surface area contributed by atoms with E-state index >= 15 is 0 Å². The molecule has 0 aliphatic rings. The lowest BCUT2D eigenvalue weighted by Gasteiger charge is -2.06. The molecule has 2 rings (SSSR count). The van der Waals surface area contributed by atoms with Crippen LogP contribution >= 0.6 is 15.9 Å². The summed E-state index contributed by atoms with van der Waals surface area (Å²) in [5.74, 6) is 0.408. The third-order valence-electron chi connectivity index (χ3n) is 2.44. The molecule has 0 aromatic carbocycles. The van der Waals surface area contributed by atoms with Gasteiger partial charge in [0.25, 0.3) is 0 Å². The minimum atomic E-state index is -0.123. The molecule has 18 heavy (non-hydrogen) atoms. The molecule has 2 heterocycles. The van der Waals surface area contributed by atoms with Gasteiger partial charge in [0, 0.05) is 16.9 Å². The van der Waals surface area contributed by atoms with Crippen LogP contribution in [0.2, 0.25) is 0 Å². The smallest absolute Gasteiger partial charge is 0.231 e. The van der Waals surface area contributed by atoms with E-state index in [1.54, 1.807) is 24.5 Å². The van der Waals surface area contributed by atoms with E-state index < -0.39 is 0 Å². The van der Waals surface area contributed by atoms with Gasteiger partial charge in [0.2, 0.25) is 5.91 Å². The quantitative estimate of drug-likeness (QED) is 0.948. The summed E-state index contributed by atoms with van der Waals surface area (Å²) >= 11 is 3.33. The number of carbonyl (C=O) groups excluding carboxylic acids is 1. The van der Waals surface area contributed by atoms with Crippen molar-refractivity contribution < 1.29 is 4.79 Å². The zero-order valence-corrected chi connectivity index (χ0v) is 11.4. The number of nitrogens with one attached hydrogen (secondary N) is 1. The maximum atomic E-state index is 11.8. The molecule has 0 radical (unpaired) electrons. The Kier molecular flexibility index (Phi) is 4.04. The van der Waals surface area contributed by atoms with E-state index in [0.717, 1.165) is 15.7 Å². The number of hydrogen-bond acceptors (Lipinski definition) is 3. The maximum Gasteiger partial charge on any atom is 0.231 e. The van der Waals surface area contributed by atoms with Crippen molar-refractivity contribution in [3.63, 3.8) is 0 Å². The van der Waals surface area contributed by atoms with Gasteiger partial charge in [0.15, 0.2) is 0 Å². The van der Waals surface area contributed by atoms with Crippen molar-refractivity contribution in [3.05, 3.63) is 52.4 Å². The predicted molar refractivity (Wildman–Crippen MR) is 73.2 cm³/mol. The van der Waals surface area contributed by atoms with Crippen molar-refractivity contribution in [3.8, 4) is 0 Å². The van der Waals surface area contributed by atoms with E-state index in [1.165, 1.54) is 0 Å². The molecule has 0 aliphatic heterocycles. The lowest BCUT2D eigenvalue weighted by Crippen LogP contribution is -2.16. The second kappa shape index (κ2) is 5.73. The van der Waals surface area contributed by atoms with E-state index in [9.17, 15) is 4.79 Å². The molecule has 0 saturated carbocycles. The van der Waals surface area contributed by atoms with Gasteiger partial charge in [0.1, 0.15) is 5.82 Å². The Labute approximate surface area is 114 Å². The third kappa shape index (κ3) is 3.37. The number of rotatable bonds is 3. The Morgan fingerprint density at radius 3 is 2.89 bits per heavy atom. The second-order valence-electron chi connectivity index (χ2n) is 3.85. The van der Waals surface area contributed by atoms with Gasteiger partial charge in [-0.15, -0.1) is 0 Å². The number of pyridine rings is 2. The summed E-state index contributed by atoms with van der Waals surface area (Å²) in [5, 5.41) is 2.74. The Balaban J connectivity index is 2.03. The Bertz CT molecular complexity index is 572. The van der Waals surface area contributed by atoms with E-state index in [0.29, 0.717) is 5.82 Å². The van der Waals surface area contributed by atoms with Crippen LogP contribution in [-0.4, -0.2) is 15.9 Å². The van der Waals surface area contributed by atoms with Gasteiger partial charge < -0.3 is 5.32 Å². The van der Waals surface area contributed by atoms with Crippen molar-refractivity contribution in [1.29, 1.82) is 0 Å². The van der Waals surface area contributed by atoms with E-state index in [-0.39, 0.29) is 12.3 Å². The molecule has 0 bridgehead atoms. The maximum absolute atomic E-state index is 11.8. The number of carbonyl (C=O) groups is 1. The summed E-state index contributed by atoms with van der Waals surface area (Å²) in [7, 11) is 0. The van der Waals surface area contributed by atoms with Gasteiger partial charge in [-0.1, -0.05) is 22.0 Å². The van der Waals surface area contributed by atoms with Crippen LogP contribution in [0, 0.1) is 6.92 Å². The van der Waals surface area contributed by atoms with Crippen molar-refractivity contribution in [2.45, 2.75) is 13.3 Å². The fourth-order valence-corrected chi connectivity index (χ4v) is 1.85. The number of nitrogens with zero attached hydrogens (tertiary/aromatic N) is 2. The average molecular weight is 306 g/mol. The summed E-state index contributed by atoms with van der Waals surface area (Å²) in [6, 6.07) is 7.35. The standard InChI is InChI=1S/C13H12BrN3O/c1-9-3-2-5-15-11(9)8-13(18)17-12-7-10(14)4-6-16-12/h2-7H,8H2,1H3,(H,16,17,18). The Morgan fingerprint density at radius 1 is 1.33 bits per heavy atom. The van der Waals surface area contributed by atoms with Gasteiger partial charge in [-0.05, 0) is 30.7 Å². The second-order valence-corrected chi connectivity index (χ2v) is 4.77. The number of hydrogen-bond donors (Lipinski definition) is 1. The van der Waals surface area contributed by atoms with Crippen molar-refractivity contribution in [2.75, 3.05) is 5.32 Å². The number of aromatic nitrogens is 2. The molecular formula is C13H12BrN3O. The zero-order chi connectivity index (χ0) is 13.0. The Hall–Kier alpha value is -1.75. The summed E-state index contributed by atoms with van der Waals surface area (Å²) in [4.78, 5) is 20.1. The fraction of sp³-hybridized carbons (Fsp3) is 0.154. The van der Waals surface area contributed by atoms with Crippen molar-refractivity contribution in [1.82, 2.24) is 9.97 Å². The van der Waals surface area contributed by atoms with Crippen molar-refractivity contribution in [2.24, 2.45) is 0 Å². The topological polar surface area (TPSA) is 54.9 Å². The van der Waals surface area contributed by atoms with Gasteiger partial charge in [-0.25, -0.2) is 4.98 Å². The summed E-state index contributed by atoms with van der Waals surface area (Å²) in [5.41, 5.74) is 1.79. The molecule has 0 saturated heterocycles. The zero-order valence-electron chi connectivity index (χ0n) is 9.85. The van der Waals surface area contributed by atoms with Gasteiger partial charge in [-0.3, -0.25) is 9.78 Å². The number of aryl methyl sites for hydroxylation is 1. The predicted octanol–water partition coefficient (Wildman–Crippen LogP) is 2.73. The first-order chi connectivity index (χ1) is 8.65. The minimum Gasteiger partial charge on any atom is -0.310 e. The number of halogens is 1. The molecule has 4 nitrogen and oxygen atoms in total. The van der Waals surface area contributed by atoms with Crippen LogP contribution in [0.25, 0.3) is 0 Å². The van der Waals surface area contributed by atoms with Gasteiger partial charge in [-0.2, -0.15) is 0 Å². The van der Waals surface area contributed by atoms with Crippen LogP contribution in [0.5, 0.6) is 0 Å². The first-order valence-electron chi connectivity index (χ1n) is 5.47. The molecule has 1 N–H and O–H groups in total. The molecule has 0 aliphatic carbocycles. The first-order valence-corrected chi connectivity index (χ1v) is 6.26. The molecule has 92 valence electrons. The lowest BCUT2D eigenvalue weighted by atomic mass is 10.1. The molecule has 5 heteroatoms. The highest BCUT2D eigenvalue weighted by Crippen LogP contribution is 2.13. The van der Waals surface area contributed by atoms with Gasteiger partial charge in [0.05, 0.1) is 12.1 Å². The van der Waals surface area contributed by atoms with Crippen molar-refractivity contribution >= 4 is 27.7 Å². The highest BCUT2D eigenvalue weighted by Gasteiger charge is 2.07. The molecule has 2 aromatic rings. The lowest BCUT2D eigenvalue weighted by molar-refractivity contribution is -0.115. The molecular weight excluding hydrogens is 294 g/mol. The number of anilines is 1. The van der Waals surface area contributed by atoms with E-state index in [4.69, 9.17) is 0 Å². The van der Waals surface area contributed by atoms with Crippen LogP contribution in [0.15, 0.2) is 41.1 Å². The molecule has 0 spiro atoms. The van der Waals surface area contributed by atoms with Crippen LogP contribution < -0.4 is 5.32 Å². The molecule has 0 atom stereocenters. The van der Waals surface area contributed by atoms with E-state index in [2.05, 4.69) is 31.2 Å². The fourth-order valence-electron chi connectivity index (χ4n) is 1.52. The SMILES string of the molecule is Cc1cccnc1CC(=O)Nc1cc(Br)ccn1. The third-order valence-corrected chi connectivity index (χ3v) is 2.93. The first kappa shape index (κ1) is 12.7. The largest absolute Gasteiger partial charge is 0.310 e. The number of amides is 1. The molecule has 1 amide bonds. The highest BCUT2D eigenvalue weighted by atomic mass is 79.9. The van der Waals surface area contributed by atoms with Crippen LogP contribution in [-0.2, 0) is 11.2 Å².